The predicted octanol–water partition coefficient (Wildman–Crippen LogP) is 1.60. The lowest BCUT2D eigenvalue weighted by Gasteiger charge is -2.37. The van der Waals surface area contributed by atoms with Crippen LogP contribution in [0.5, 0.6) is 11.5 Å². The highest BCUT2D eigenvalue weighted by Crippen LogP contribution is 2.29. The van der Waals surface area contributed by atoms with Crippen molar-refractivity contribution >= 4 is 23.3 Å². The third-order valence-corrected chi connectivity index (χ3v) is 6.12. The molecule has 5 rings (SSSR count). The minimum Gasteiger partial charge on any atom is -0.497 e. The Morgan fingerprint density at radius 3 is 2.66 bits per heavy atom. The number of carbonyl (C=O) groups excluding carboxylic acids is 2. The number of hydrazine groups is 1. The Hall–Kier alpha value is -4.09. The number of aryl methyl sites for hydroxylation is 1. The van der Waals surface area contributed by atoms with Crippen LogP contribution in [0, 0.1) is 12.8 Å². The zero-order valence-electron chi connectivity index (χ0n) is 19.6. The minimum atomic E-state index is -0.670. The number of aromatic nitrogens is 2. The number of benzene rings is 2. The Bertz CT molecular complexity index is 1250. The molecule has 2 aromatic carbocycles. The number of nitrogens with zero attached hydrogens (tertiary/aromatic N) is 3. The van der Waals surface area contributed by atoms with Gasteiger partial charge in [-0.2, -0.15) is 5.10 Å². The number of nitrogens with one attached hydrogen (secondary N) is 4. The summed E-state index contributed by atoms with van der Waals surface area (Å²) in [6.45, 7) is 2.32. The van der Waals surface area contributed by atoms with Crippen molar-refractivity contribution in [3.8, 4) is 11.5 Å². The highest BCUT2D eigenvalue weighted by Gasteiger charge is 2.45. The van der Waals surface area contributed by atoms with Crippen molar-refractivity contribution in [2.75, 3.05) is 31.1 Å². The lowest BCUT2D eigenvalue weighted by atomic mass is 10.0. The first-order valence-electron chi connectivity index (χ1n) is 11.2. The van der Waals surface area contributed by atoms with Crippen LogP contribution in [-0.4, -0.2) is 48.5 Å². The van der Waals surface area contributed by atoms with Crippen LogP contribution in [0.3, 0.4) is 0 Å². The number of rotatable bonds is 6. The summed E-state index contributed by atoms with van der Waals surface area (Å²) < 4.78 is 12.2. The number of anilines is 2. The Morgan fingerprint density at radius 1 is 1.11 bits per heavy atom. The fourth-order valence-corrected chi connectivity index (χ4v) is 4.41. The summed E-state index contributed by atoms with van der Waals surface area (Å²) in [5, 5.41) is 15.8. The maximum atomic E-state index is 13.1. The molecule has 3 heterocycles. The average Bonchev–Trinajstić information content (AvgIpc) is 3.47. The Labute approximate surface area is 202 Å². The van der Waals surface area contributed by atoms with Crippen molar-refractivity contribution in [2.24, 2.45) is 5.92 Å². The molecule has 0 aliphatic carbocycles. The fraction of sp³-hybridized carbons (Fsp3) is 0.292. The molecule has 3 aromatic rings. The highest BCUT2D eigenvalue weighted by molar-refractivity contribution is 6.06. The molecular formula is C24H27N7O4. The molecule has 0 saturated carbocycles. The quantitative estimate of drug-likeness (QED) is 0.423. The second-order valence-electron chi connectivity index (χ2n) is 8.33. The molecule has 35 heavy (non-hydrogen) atoms. The second kappa shape index (κ2) is 9.28. The predicted molar refractivity (Wildman–Crippen MR) is 129 cm³/mol. The number of hydrogen-bond acceptors (Lipinski definition) is 8. The van der Waals surface area contributed by atoms with Crippen LogP contribution in [-0.2, 0) is 4.79 Å². The monoisotopic (exact) mass is 477 g/mol. The van der Waals surface area contributed by atoms with E-state index in [-0.39, 0.29) is 23.9 Å². The number of methoxy groups -OCH3 is 2. The summed E-state index contributed by atoms with van der Waals surface area (Å²) in [6, 6.07) is 16.5. The molecule has 2 saturated heterocycles. The van der Waals surface area contributed by atoms with Gasteiger partial charge in [0.1, 0.15) is 23.5 Å². The molecule has 11 heteroatoms. The van der Waals surface area contributed by atoms with E-state index in [0.717, 1.165) is 5.69 Å². The van der Waals surface area contributed by atoms with Crippen molar-refractivity contribution in [3.63, 3.8) is 0 Å². The molecule has 182 valence electrons. The lowest BCUT2D eigenvalue weighted by Crippen LogP contribution is -2.61. The van der Waals surface area contributed by atoms with Crippen LogP contribution < -0.4 is 35.9 Å². The minimum absolute atomic E-state index is 0.105. The number of ether oxygens (including phenoxy) is 2. The first-order chi connectivity index (χ1) is 17.0. The smallest absolute Gasteiger partial charge is 0.260 e. The molecule has 2 fully saturated rings. The Kier molecular flexibility index (Phi) is 6.01. The molecule has 0 radical (unpaired) electrons. The average molecular weight is 478 g/mol. The van der Waals surface area contributed by atoms with Gasteiger partial charge in [0.05, 0.1) is 37.1 Å². The highest BCUT2D eigenvalue weighted by atomic mass is 16.5. The maximum absolute atomic E-state index is 13.1. The molecule has 11 nitrogen and oxygen atoms in total. The second-order valence-corrected chi connectivity index (χ2v) is 8.33. The van der Waals surface area contributed by atoms with Crippen molar-refractivity contribution in [2.45, 2.75) is 19.4 Å². The third kappa shape index (κ3) is 4.27. The van der Waals surface area contributed by atoms with Gasteiger partial charge in [-0.25, -0.2) is 10.1 Å². The van der Waals surface area contributed by atoms with E-state index >= 15 is 0 Å². The van der Waals surface area contributed by atoms with E-state index in [0.29, 0.717) is 35.1 Å². The van der Waals surface area contributed by atoms with Crippen molar-refractivity contribution < 1.29 is 19.1 Å². The van der Waals surface area contributed by atoms with Gasteiger partial charge in [0.2, 0.25) is 5.91 Å². The Balaban J connectivity index is 1.40. The van der Waals surface area contributed by atoms with Crippen LogP contribution in [0.1, 0.15) is 22.3 Å². The van der Waals surface area contributed by atoms with Gasteiger partial charge in [-0.05, 0) is 31.2 Å². The molecule has 1 aromatic heterocycles. The van der Waals surface area contributed by atoms with E-state index in [9.17, 15) is 9.59 Å². The summed E-state index contributed by atoms with van der Waals surface area (Å²) in [5.41, 5.74) is 5.27. The van der Waals surface area contributed by atoms with Gasteiger partial charge < -0.3 is 20.1 Å². The van der Waals surface area contributed by atoms with Gasteiger partial charge in [0.15, 0.2) is 6.29 Å². The van der Waals surface area contributed by atoms with Gasteiger partial charge in [0.25, 0.3) is 5.91 Å². The van der Waals surface area contributed by atoms with Crippen LogP contribution in [0.2, 0.25) is 0 Å². The van der Waals surface area contributed by atoms with Gasteiger partial charge in [-0.1, -0.05) is 18.2 Å². The van der Waals surface area contributed by atoms with E-state index in [1.165, 1.54) is 7.11 Å². The molecule has 4 N–H and O–H groups in total. The van der Waals surface area contributed by atoms with Crippen LogP contribution >= 0.6 is 0 Å². The van der Waals surface area contributed by atoms with E-state index in [1.54, 1.807) is 36.1 Å². The van der Waals surface area contributed by atoms with Crippen LogP contribution in [0.4, 0.5) is 11.5 Å². The van der Waals surface area contributed by atoms with Crippen molar-refractivity contribution in [1.82, 2.24) is 25.8 Å². The van der Waals surface area contributed by atoms with Crippen LogP contribution in [0.25, 0.3) is 0 Å². The molecule has 0 spiro atoms. The lowest BCUT2D eigenvalue weighted by molar-refractivity contribution is -0.129. The summed E-state index contributed by atoms with van der Waals surface area (Å²) in [7, 11) is 3.04. The molecular weight excluding hydrogens is 450 g/mol. The molecule has 2 aliphatic heterocycles. The summed E-state index contributed by atoms with van der Waals surface area (Å²) >= 11 is 0. The standard InChI is InChI=1S/C24H27N7O4/c1-14-11-20(26-22(32)17-10-9-16(34-2)12-19(17)35-3)31(29-14)24-27-21-18(23(33)28-24)13-25-30(21)15-7-5-4-6-8-15/h4-12,18,21,24-25,27H,13H2,1-3H3,(H,26,32)(H,28,33). The molecule has 3 atom stereocenters. The van der Waals surface area contributed by atoms with E-state index in [2.05, 4.69) is 26.5 Å². The number of para-hydroxylation sites is 1. The van der Waals surface area contributed by atoms with E-state index in [1.807, 2.05) is 42.3 Å². The Morgan fingerprint density at radius 2 is 1.91 bits per heavy atom. The van der Waals surface area contributed by atoms with E-state index < -0.39 is 6.29 Å². The summed E-state index contributed by atoms with van der Waals surface area (Å²) in [4.78, 5) is 26.1. The normalized spacial score (nSPS) is 21.3. The molecule has 3 unspecified atom stereocenters. The zero-order chi connectivity index (χ0) is 24.5. The van der Waals surface area contributed by atoms with Gasteiger partial charge in [-0.3, -0.25) is 19.9 Å². The van der Waals surface area contributed by atoms with Gasteiger partial charge in [-0.15, -0.1) is 0 Å². The molecule has 0 bridgehead atoms. The maximum Gasteiger partial charge on any atom is 0.260 e. The SMILES string of the molecule is COc1ccc(C(=O)Nc2cc(C)nn2C2NC(=O)C3CNN(c4ccccc4)C3N2)c(OC)c1. The van der Waals surface area contributed by atoms with Gasteiger partial charge >= 0.3 is 0 Å². The number of hydrogen-bond donors (Lipinski definition) is 4. The topological polar surface area (TPSA) is 122 Å². The van der Waals surface area contributed by atoms with E-state index in [4.69, 9.17) is 9.47 Å². The molecule has 2 amide bonds. The van der Waals surface area contributed by atoms with Crippen molar-refractivity contribution in [3.05, 3.63) is 65.9 Å². The van der Waals surface area contributed by atoms with Gasteiger partial charge in [0, 0.05) is 18.7 Å². The fourth-order valence-electron chi connectivity index (χ4n) is 4.41. The largest absolute Gasteiger partial charge is 0.497 e. The van der Waals surface area contributed by atoms with Crippen molar-refractivity contribution in [1.29, 1.82) is 0 Å². The number of carbonyl (C=O) groups is 2. The summed E-state index contributed by atoms with van der Waals surface area (Å²) in [6.07, 6.45) is -0.970. The first kappa shape index (κ1) is 22.7. The molecule has 2 aliphatic rings. The summed E-state index contributed by atoms with van der Waals surface area (Å²) in [5.74, 6) is 0.623. The van der Waals surface area contributed by atoms with Crippen LogP contribution in [0.15, 0.2) is 54.6 Å². The number of fused-ring (bicyclic) bond motifs is 1. The zero-order valence-corrected chi connectivity index (χ0v) is 19.6. The third-order valence-electron chi connectivity index (χ3n) is 6.12. The number of amides is 2. The first-order valence-corrected chi connectivity index (χ1v) is 11.2.